The number of benzene rings is 1. The van der Waals surface area contributed by atoms with Crippen LogP contribution in [0.4, 0.5) is 0 Å². The molecule has 33 heavy (non-hydrogen) atoms. The summed E-state index contributed by atoms with van der Waals surface area (Å²) in [5, 5.41) is 3.17. The molecule has 174 valence electrons. The first-order chi connectivity index (χ1) is 15.7. The highest BCUT2D eigenvalue weighted by atomic mass is 79.9. The third-order valence-electron chi connectivity index (χ3n) is 4.31. The molecule has 0 spiro atoms. The molecule has 0 saturated heterocycles. The summed E-state index contributed by atoms with van der Waals surface area (Å²) in [5.41, 5.74) is 0.464. The van der Waals surface area contributed by atoms with Crippen molar-refractivity contribution < 1.29 is 33.4 Å². The fraction of sp³-hybridized carbons (Fsp3) is 0.217. The van der Waals surface area contributed by atoms with Crippen molar-refractivity contribution in [3.63, 3.8) is 0 Å². The van der Waals surface area contributed by atoms with Crippen molar-refractivity contribution in [2.45, 2.75) is 13.8 Å². The highest BCUT2D eigenvalue weighted by molar-refractivity contribution is 9.10. The van der Waals surface area contributed by atoms with Gasteiger partial charge in [-0.2, -0.15) is 0 Å². The maximum absolute atomic E-state index is 13.4. The number of carbonyl (C=O) groups is 4. The Balaban J connectivity index is 2.61. The first-order valence-electron chi connectivity index (χ1n) is 9.63. The molecule has 0 atom stereocenters. The van der Waals surface area contributed by atoms with E-state index in [9.17, 15) is 19.2 Å². The number of methoxy groups -OCH3 is 2. The number of nitrogens with zero attached hydrogens (tertiary/aromatic N) is 1. The van der Waals surface area contributed by atoms with Gasteiger partial charge in [0.05, 0.1) is 26.4 Å². The van der Waals surface area contributed by atoms with E-state index in [1.54, 1.807) is 43.5 Å². The number of thioether (sulfide) groups is 1. The lowest BCUT2D eigenvalue weighted by Gasteiger charge is -2.11. The van der Waals surface area contributed by atoms with E-state index in [1.165, 1.54) is 29.4 Å². The van der Waals surface area contributed by atoms with Crippen molar-refractivity contribution in [1.82, 2.24) is 4.57 Å². The molecule has 2 rings (SSSR count). The van der Waals surface area contributed by atoms with Gasteiger partial charge in [0.2, 0.25) is 5.78 Å². The molecule has 0 unspecified atom stereocenters. The van der Waals surface area contributed by atoms with Crippen molar-refractivity contribution in [2.75, 3.05) is 20.8 Å². The molecule has 0 aliphatic carbocycles. The minimum atomic E-state index is -0.850. The van der Waals surface area contributed by atoms with Crippen LogP contribution in [0.2, 0.25) is 0 Å². The van der Waals surface area contributed by atoms with E-state index in [0.29, 0.717) is 11.3 Å². The summed E-state index contributed by atoms with van der Waals surface area (Å²) < 4.78 is 16.7. The molecule has 1 aromatic heterocycles. The van der Waals surface area contributed by atoms with Crippen LogP contribution in [-0.4, -0.2) is 49.1 Å². The maximum atomic E-state index is 13.4. The number of rotatable bonds is 9. The van der Waals surface area contributed by atoms with Crippen LogP contribution in [0.25, 0.3) is 5.70 Å². The van der Waals surface area contributed by atoms with Gasteiger partial charge in [0.25, 0.3) is 0 Å². The molecule has 1 heterocycles. The summed E-state index contributed by atoms with van der Waals surface area (Å²) in [6.07, 6.45) is 2.62. The van der Waals surface area contributed by atoms with Gasteiger partial charge in [-0.1, -0.05) is 15.9 Å². The van der Waals surface area contributed by atoms with Gasteiger partial charge in [-0.05, 0) is 48.9 Å². The molecule has 0 aliphatic rings. The number of halogens is 1. The molecule has 0 fully saturated rings. The Kier molecular flexibility index (Phi) is 9.68. The molecule has 10 heteroatoms. The lowest BCUT2D eigenvalue weighted by molar-refractivity contribution is -0.137. The van der Waals surface area contributed by atoms with E-state index in [1.807, 2.05) is 0 Å². The number of ketones is 1. The lowest BCUT2D eigenvalue weighted by Crippen LogP contribution is -2.16. The molecule has 8 nitrogen and oxygen atoms in total. The molecule has 0 amide bonds. The van der Waals surface area contributed by atoms with E-state index in [-0.39, 0.29) is 23.4 Å². The van der Waals surface area contributed by atoms with E-state index in [4.69, 9.17) is 14.2 Å². The Bertz CT molecular complexity index is 1120. The molecular formula is C23H22BrNO7S. The smallest absolute Gasteiger partial charge is 0.341 e. The van der Waals surface area contributed by atoms with Crippen LogP contribution in [0, 0.1) is 0 Å². The molecule has 0 radical (unpaired) electrons. The number of hydrogen-bond donors (Lipinski definition) is 0. The molecule has 0 bridgehead atoms. The normalized spacial score (nSPS) is 11.4. The Hall–Kier alpha value is -3.11. The average Bonchev–Trinajstić information content (AvgIpc) is 3.21. The second-order valence-corrected chi connectivity index (χ2v) is 8.10. The van der Waals surface area contributed by atoms with Gasteiger partial charge in [-0.3, -0.25) is 4.79 Å². The number of aromatic nitrogens is 1. The van der Waals surface area contributed by atoms with Gasteiger partial charge in [0.1, 0.15) is 11.3 Å². The zero-order valence-corrected chi connectivity index (χ0v) is 20.8. The molecule has 0 aliphatic heterocycles. The number of esters is 3. The standard InChI is InChI=1S/C23H22BrNO7S/c1-5-32-18(26)10-11-33-13-14(2)25-12-17(22(28)30-3)19(23(29)31-4)20(25)21(27)15-6-8-16(24)9-7-15/h6-13H,5H2,1-4H3/b11-10-,14-13-. The van der Waals surface area contributed by atoms with Crippen LogP contribution < -0.4 is 0 Å². The third kappa shape index (κ3) is 6.45. The van der Waals surface area contributed by atoms with Crippen LogP contribution in [0.15, 0.2) is 51.8 Å². The van der Waals surface area contributed by atoms with Crippen LogP contribution >= 0.6 is 27.7 Å². The predicted octanol–water partition coefficient (Wildman–Crippen LogP) is 4.68. The number of ether oxygens (including phenoxy) is 3. The minimum Gasteiger partial charge on any atom is -0.465 e. The van der Waals surface area contributed by atoms with Crippen molar-refractivity contribution >= 4 is 57.1 Å². The molecule has 1 aromatic carbocycles. The highest BCUT2D eigenvalue weighted by Gasteiger charge is 2.32. The lowest BCUT2D eigenvalue weighted by atomic mass is 10.0. The molecule has 0 N–H and O–H groups in total. The minimum absolute atomic E-state index is 0.0479. The van der Waals surface area contributed by atoms with Gasteiger partial charge >= 0.3 is 17.9 Å². The molecular weight excluding hydrogens is 514 g/mol. The molecule has 0 saturated carbocycles. The van der Waals surface area contributed by atoms with E-state index in [2.05, 4.69) is 15.9 Å². The molecule has 2 aromatic rings. The fourth-order valence-electron chi connectivity index (χ4n) is 2.80. The van der Waals surface area contributed by atoms with Crippen LogP contribution in [0.3, 0.4) is 0 Å². The van der Waals surface area contributed by atoms with Crippen LogP contribution in [-0.2, 0) is 19.0 Å². The van der Waals surface area contributed by atoms with Gasteiger partial charge in [0, 0.05) is 28.0 Å². The SMILES string of the molecule is CCOC(=O)/C=C\S/C=C(/C)n1cc(C(=O)OC)c(C(=O)OC)c1C(=O)c1ccc(Br)cc1. The highest BCUT2D eigenvalue weighted by Crippen LogP contribution is 2.27. The zero-order valence-electron chi connectivity index (χ0n) is 18.4. The number of carbonyl (C=O) groups excluding carboxylic acids is 4. The van der Waals surface area contributed by atoms with Gasteiger partial charge in [0.15, 0.2) is 0 Å². The van der Waals surface area contributed by atoms with Crippen molar-refractivity contribution in [3.8, 4) is 0 Å². The van der Waals surface area contributed by atoms with Gasteiger partial charge in [-0.25, -0.2) is 14.4 Å². The Morgan fingerprint density at radius 2 is 1.70 bits per heavy atom. The Morgan fingerprint density at radius 1 is 1.06 bits per heavy atom. The monoisotopic (exact) mass is 535 g/mol. The first-order valence-corrected chi connectivity index (χ1v) is 11.4. The Morgan fingerprint density at radius 3 is 2.27 bits per heavy atom. The Labute approximate surface area is 203 Å². The predicted molar refractivity (Wildman–Crippen MR) is 128 cm³/mol. The zero-order chi connectivity index (χ0) is 24.5. The first kappa shape index (κ1) is 26.1. The summed E-state index contributed by atoms with van der Waals surface area (Å²) in [4.78, 5) is 49.9. The summed E-state index contributed by atoms with van der Waals surface area (Å²) in [5.74, 6) is -2.61. The summed E-state index contributed by atoms with van der Waals surface area (Å²) in [6, 6.07) is 6.58. The van der Waals surface area contributed by atoms with Crippen LogP contribution in [0.1, 0.15) is 50.6 Å². The maximum Gasteiger partial charge on any atom is 0.341 e. The second kappa shape index (κ2) is 12.2. The van der Waals surface area contributed by atoms with E-state index >= 15 is 0 Å². The summed E-state index contributed by atoms with van der Waals surface area (Å²) in [7, 11) is 2.34. The fourth-order valence-corrected chi connectivity index (χ4v) is 3.64. The van der Waals surface area contributed by atoms with Crippen molar-refractivity contribution in [3.05, 3.63) is 74.2 Å². The summed E-state index contributed by atoms with van der Waals surface area (Å²) in [6.45, 7) is 3.66. The van der Waals surface area contributed by atoms with E-state index < -0.39 is 23.7 Å². The van der Waals surface area contributed by atoms with Crippen molar-refractivity contribution in [1.29, 1.82) is 0 Å². The van der Waals surface area contributed by atoms with E-state index in [0.717, 1.165) is 23.3 Å². The third-order valence-corrected chi connectivity index (χ3v) is 5.61. The van der Waals surface area contributed by atoms with Crippen LogP contribution in [0.5, 0.6) is 0 Å². The number of hydrogen-bond acceptors (Lipinski definition) is 8. The van der Waals surface area contributed by atoms with Crippen molar-refractivity contribution in [2.24, 2.45) is 0 Å². The number of allylic oxidation sites excluding steroid dienone is 1. The van der Waals surface area contributed by atoms with Gasteiger partial charge in [-0.15, -0.1) is 11.8 Å². The summed E-state index contributed by atoms with van der Waals surface area (Å²) >= 11 is 4.48. The van der Waals surface area contributed by atoms with Gasteiger partial charge < -0.3 is 18.8 Å². The second-order valence-electron chi connectivity index (χ2n) is 6.41. The topological polar surface area (TPSA) is 101 Å². The quantitative estimate of drug-likeness (QED) is 0.197. The average molecular weight is 536 g/mol. The largest absolute Gasteiger partial charge is 0.465 e.